The van der Waals surface area contributed by atoms with E-state index in [9.17, 15) is 9.59 Å². The molecule has 0 radical (unpaired) electrons. The Bertz CT molecular complexity index is 883. The van der Waals surface area contributed by atoms with Crippen molar-refractivity contribution in [3.63, 3.8) is 0 Å². The van der Waals surface area contributed by atoms with Crippen molar-refractivity contribution in [3.05, 3.63) is 59.8 Å². The molecular weight excluding hydrogens is 368 g/mol. The van der Waals surface area contributed by atoms with E-state index in [2.05, 4.69) is 36.3 Å². The molecule has 0 saturated carbocycles. The summed E-state index contributed by atoms with van der Waals surface area (Å²) in [6.07, 6.45) is 2.12. The van der Waals surface area contributed by atoms with Gasteiger partial charge in [-0.1, -0.05) is 30.3 Å². The van der Waals surface area contributed by atoms with Crippen LogP contribution < -0.4 is 5.32 Å². The van der Waals surface area contributed by atoms with Gasteiger partial charge in [-0.05, 0) is 38.0 Å². The molecule has 0 spiro atoms. The van der Waals surface area contributed by atoms with Gasteiger partial charge in [0.2, 0.25) is 0 Å². The molecule has 0 aliphatic carbocycles. The molecule has 1 N–H and O–H groups in total. The minimum Gasteiger partial charge on any atom is -0.448 e. The summed E-state index contributed by atoms with van der Waals surface area (Å²) in [5.41, 5.74) is 1.43. The number of aromatic nitrogens is 1. The molecule has 1 aromatic heterocycles. The first-order valence-electron chi connectivity index (χ1n) is 9.96. The van der Waals surface area contributed by atoms with Crippen LogP contribution in [0.3, 0.4) is 0 Å². The predicted molar refractivity (Wildman–Crippen MR) is 110 cm³/mol. The molecular formula is C22H26N4O3. The second-order valence-electron chi connectivity index (χ2n) is 8.05. The summed E-state index contributed by atoms with van der Waals surface area (Å²) in [7, 11) is 0. The largest absolute Gasteiger partial charge is 0.448 e. The molecule has 7 nitrogen and oxygen atoms in total. The summed E-state index contributed by atoms with van der Waals surface area (Å²) in [4.78, 5) is 32.5. The zero-order valence-electron chi connectivity index (χ0n) is 16.8. The van der Waals surface area contributed by atoms with Crippen LogP contribution in [0.15, 0.2) is 48.7 Å². The van der Waals surface area contributed by atoms with Crippen molar-refractivity contribution in [1.82, 2.24) is 14.8 Å². The Morgan fingerprint density at radius 1 is 1.17 bits per heavy atom. The number of amides is 2. The molecule has 7 heteroatoms. The van der Waals surface area contributed by atoms with Crippen LogP contribution in [0.25, 0.3) is 0 Å². The maximum Gasteiger partial charge on any atom is 0.410 e. The zero-order chi connectivity index (χ0) is 20.4. The van der Waals surface area contributed by atoms with Gasteiger partial charge in [-0.15, -0.1) is 0 Å². The fourth-order valence-electron chi connectivity index (χ4n) is 3.94. The van der Waals surface area contributed by atoms with E-state index in [4.69, 9.17) is 4.74 Å². The highest BCUT2D eigenvalue weighted by molar-refractivity contribution is 5.94. The number of cyclic esters (lactones) is 1. The lowest BCUT2D eigenvalue weighted by molar-refractivity contribution is 0.0779. The number of likely N-dealkylation sites (tertiary alicyclic amines) is 1. The molecule has 3 heterocycles. The summed E-state index contributed by atoms with van der Waals surface area (Å²) in [5, 5.41) is 3.43. The Kier molecular flexibility index (Phi) is 5.13. The van der Waals surface area contributed by atoms with Gasteiger partial charge in [-0.2, -0.15) is 0 Å². The monoisotopic (exact) mass is 394 g/mol. The maximum absolute atomic E-state index is 12.8. The van der Waals surface area contributed by atoms with Crippen LogP contribution in [0, 0.1) is 0 Å². The number of rotatable bonds is 5. The van der Waals surface area contributed by atoms with Crippen LogP contribution >= 0.6 is 0 Å². The van der Waals surface area contributed by atoms with E-state index in [1.54, 1.807) is 22.1 Å². The first-order valence-corrected chi connectivity index (χ1v) is 9.96. The van der Waals surface area contributed by atoms with E-state index in [1.807, 2.05) is 24.3 Å². The summed E-state index contributed by atoms with van der Waals surface area (Å²) in [6, 6.07) is 13.8. The van der Waals surface area contributed by atoms with Gasteiger partial charge in [-0.3, -0.25) is 9.69 Å². The van der Waals surface area contributed by atoms with Gasteiger partial charge < -0.3 is 15.0 Å². The molecule has 0 unspecified atom stereocenters. The molecule has 1 aromatic carbocycles. The minimum atomic E-state index is -0.285. The van der Waals surface area contributed by atoms with Crippen LogP contribution in [0.4, 0.5) is 10.6 Å². The number of nitrogens with one attached hydrogen (secondary N) is 1. The predicted octanol–water partition coefficient (Wildman–Crippen LogP) is 3.10. The number of carbonyl (C=O) groups is 2. The van der Waals surface area contributed by atoms with Gasteiger partial charge in [0.05, 0.1) is 23.7 Å². The lowest BCUT2D eigenvalue weighted by Gasteiger charge is -2.27. The highest BCUT2D eigenvalue weighted by atomic mass is 16.6. The lowest BCUT2D eigenvalue weighted by atomic mass is 9.94. The highest BCUT2D eigenvalue weighted by Crippen LogP contribution is 2.25. The quantitative estimate of drug-likeness (QED) is 0.844. The molecule has 2 aliphatic rings. The number of ether oxygens (including phenoxy) is 1. The van der Waals surface area contributed by atoms with Gasteiger partial charge in [0.1, 0.15) is 12.4 Å². The molecule has 1 atom stereocenters. The average Bonchev–Trinajstić information content (AvgIpc) is 3.37. The maximum atomic E-state index is 12.8. The third kappa shape index (κ3) is 4.04. The number of carbonyl (C=O) groups excluding carboxylic acids is 2. The average molecular weight is 394 g/mol. The third-order valence-electron chi connectivity index (χ3n) is 5.63. The molecule has 0 bridgehead atoms. The van der Waals surface area contributed by atoms with Crippen LogP contribution in [-0.4, -0.2) is 59.1 Å². The van der Waals surface area contributed by atoms with Crippen molar-refractivity contribution >= 4 is 17.8 Å². The van der Waals surface area contributed by atoms with Crippen molar-refractivity contribution in [2.24, 2.45) is 0 Å². The van der Waals surface area contributed by atoms with Crippen molar-refractivity contribution in [2.75, 3.05) is 31.6 Å². The SMILES string of the molecule is CC(C)(Nc1ccc(C(=O)N2CC[C@H](N3CCOC3=O)C2)cn1)c1ccccc1. The van der Waals surface area contributed by atoms with Crippen molar-refractivity contribution in [2.45, 2.75) is 31.8 Å². The molecule has 4 rings (SSSR count). The van der Waals surface area contributed by atoms with E-state index >= 15 is 0 Å². The first-order chi connectivity index (χ1) is 13.9. The van der Waals surface area contributed by atoms with Crippen LogP contribution in [0.5, 0.6) is 0 Å². The number of benzene rings is 1. The standard InChI is InChI=1S/C22H26N4O3/c1-22(2,17-6-4-3-5-7-17)24-19-9-8-16(14-23-19)20(27)25-11-10-18(15-25)26-12-13-29-21(26)28/h3-9,14,18H,10-13,15H2,1-2H3,(H,23,24)/t18-/m0/s1. The van der Waals surface area contributed by atoms with E-state index in [1.165, 1.54) is 0 Å². The normalized spacial score (nSPS) is 19.4. The van der Waals surface area contributed by atoms with Crippen LogP contribution in [-0.2, 0) is 10.3 Å². The summed E-state index contributed by atoms with van der Waals surface area (Å²) in [5.74, 6) is 0.663. The Labute approximate surface area is 170 Å². The van der Waals surface area contributed by atoms with Crippen LogP contribution in [0.2, 0.25) is 0 Å². The number of hydrogen-bond acceptors (Lipinski definition) is 5. The number of hydrogen-bond donors (Lipinski definition) is 1. The summed E-state index contributed by atoms with van der Waals surface area (Å²) in [6.45, 7) is 6.39. The Hall–Kier alpha value is -3.09. The van der Waals surface area contributed by atoms with Crippen molar-refractivity contribution < 1.29 is 14.3 Å². The van der Waals surface area contributed by atoms with E-state index in [0.717, 1.165) is 17.8 Å². The minimum absolute atomic E-state index is 0.0366. The van der Waals surface area contributed by atoms with Gasteiger partial charge in [0.15, 0.2) is 0 Å². The van der Waals surface area contributed by atoms with E-state index in [0.29, 0.717) is 31.8 Å². The Balaban J connectivity index is 1.39. The lowest BCUT2D eigenvalue weighted by Crippen LogP contribution is -2.39. The van der Waals surface area contributed by atoms with Crippen molar-refractivity contribution in [1.29, 1.82) is 0 Å². The molecule has 2 saturated heterocycles. The molecule has 29 heavy (non-hydrogen) atoms. The van der Waals surface area contributed by atoms with Gasteiger partial charge >= 0.3 is 6.09 Å². The first kappa shape index (κ1) is 19.2. The molecule has 2 aromatic rings. The van der Waals surface area contributed by atoms with E-state index < -0.39 is 0 Å². The molecule has 2 amide bonds. The highest BCUT2D eigenvalue weighted by Gasteiger charge is 2.36. The van der Waals surface area contributed by atoms with Crippen LogP contribution in [0.1, 0.15) is 36.2 Å². The summed E-state index contributed by atoms with van der Waals surface area (Å²) >= 11 is 0. The topological polar surface area (TPSA) is 74.8 Å². The number of nitrogens with zero attached hydrogens (tertiary/aromatic N) is 3. The number of pyridine rings is 1. The van der Waals surface area contributed by atoms with E-state index in [-0.39, 0.29) is 23.6 Å². The fourth-order valence-corrected chi connectivity index (χ4v) is 3.94. The second-order valence-corrected chi connectivity index (χ2v) is 8.05. The second kappa shape index (κ2) is 7.73. The fraction of sp³-hybridized carbons (Fsp3) is 0.409. The molecule has 2 fully saturated rings. The third-order valence-corrected chi connectivity index (χ3v) is 5.63. The van der Waals surface area contributed by atoms with Crippen molar-refractivity contribution in [3.8, 4) is 0 Å². The van der Waals surface area contributed by atoms with Gasteiger partial charge in [0.25, 0.3) is 5.91 Å². The zero-order valence-corrected chi connectivity index (χ0v) is 16.8. The Morgan fingerprint density at radius 2 is 1.97 bits per heavy atom. The number of anilines is 1. The summed E-state index contributed by atoms with van der Waals surface area (Å²) < 4.78 is 5.01. The smallest absolute Gasteiger partial charge is 0.410 e. The molecule has 2 aliphatic heterocycles. The molecule has 152 valence electrons. The van der Waals surface area contributed by atoms with Gasteiger partial charge in [0, 0.05) is 19.3 Å². The Morgan fingerprint density at radius 3 is 2.62 bits per heavy atom. The van der Waals surface area contributed by atoms with Gasteiger partial charge in [-0.25, -0.2) is 9.78 Å².